The maximum atomic E-state index is 13.9. The van der Waals surface area contributed by atoms with E-state index >= 15 is 0 Å². The third-order valence-electron chi connectivity index (χ3n) is 3.27. The minimum atomic E-state index is -1.08. The van der Waals surface area contributed by atoms with Crippen molar-refractivity contribution >= 4 is 17.7 Å². The zero-order chi connectivity index (χ0) is 13.8. The molecule has 0 aliphatic carbocycles. The fourth-order valence-electron chi connectivity index (χ4n) is 2.17. The van der Waals surface area contributed by atoms with E-state index in [1.54, 1.807) is 6.07 Å². The van der Waals surface area contributed by atoms with E-state index in [-0.39, 0.29) is 0 Å². The number of hydrogen-bond acceptors (Lipinski definition) is 3. The number of carbonyl (C=O) groups is 1. The molecule has 1 aliphatic rings. The normalized spacial score (nSPS) is 17.1. The van der Waals surface area contributed by atoms with Crippen molar-refractivity contribution in [3.63, 3.8) is 0 Å². The molecule has 0 atom stereocenters. The molecule has 19 heavy (non-hydrogen) atoms. The predicted molar refractivity (Wildman–Crippen MR) is 72.8 cm³/mol. The average Bonchev–Trinajstić information content (AvgIpc) is 2.38. The van der Waals surface area contributed by atoms with Crippen LogP contribution in [0.3, 0.4) is 0 Å². The van der Waals surface area contributed by atoms with Gasteiger partial charge in [0.2, 0.25) is 0 Å². The zero-order valence-electron chi connectivity index (χ0n) is 10.8. The van der Waals surface area contributed by atoms with Crippen LogP contribution >= 0.6 is 0 Å². The molecule has 2 rings (SSSR count). The third kappa shape index (κ3) is 3.32. The standard InChI is InChI=1S/C14H17FN2O2/c1-16-7-9-17(10-8-16)13-4-2-3-12(15)11(13)5-6-14(18)19/h2-6H,7-10H2,1H3,(H,18,19)/b6-5+. The van der Waals surface area contributed by atoms with Crippen LogP contribution in [0.15, 0.2) is 24.3 Å². The zero-order valence-corrected chi connectivity index (χ0v) is 10.8. The molecule has 1 fully saturated rings. The van der Waals surface area contributed by atoms with Crippen molar-refractivity contribution < 1.29 is 14.3 Å². The predicted octanol–water partition coefficient (Wildman–Crippen LogP) is 1.68. The number of benzene rings is 1. The number of nitrogens with zero attached hydrogens (tertiary/aromatic N) is 2. The van der Waals surface area contributed by atoms with Crippen molar-refractivity contribution in [3.05, 3.63) is 35.7 Å². The van der Waals surface area contributed by atoms with Crippen molar-refractivity contribution in [2.45, 2.75) is 0 Å². The smallest absolute Gasteiger partial charge is 0.328 e. The van der Waals surface area contributed by atoms with Gasteiger partial charge in [-0.2, -0.15) is 0 Å². The fraction of sp³-hybridized carbons (Fsp3) is 0.357. The van der Waals surface area contributed by atoms with E-state index in [4.69, 9.17) is 5.11 Å². The Bertz CT molecular complexity index is 494. The van der Waals surface area contributed by atoms with Gasteiger partial charge < -0.3 is 14.9 Å². The first-order chi connectivity index (χ1) is 9.08. The van der Waals surface area contributed by atoms with E-state index in [0.29, 0.717) is 5.56 Å². The summed E-state index contributed by atoms with van der Waals surface area (Å²) in [6.07, 6.45) is 2.29. The molecular formula is C14H17FN2O2. The summed E-state index contributed by atoms with van der Waals surface area (Å²) in [4.78, 5) is 14.9. The van der Waals surface area contributed by atoms with E-state index in [1.165, 1.54) is 12.1 Å². The van der Waals surface area contributed by atoms with Gasteiger partial charge in [-0.15, -0.1) is 0 Å². The summed E-state index contributed by atoms with van der Waals surface area (Å²) in [6.45, 7) is 3.46. The summed E-state index contributed by atoms with van der Waals surface area (Å²) in [5.74, 6) is -1.47. The molecule has 0 bridgehead atoms. The Morgan fingerprint density at radius 3 is 2.63 bits per heavy atom. The molecular weight excluding hydrogens is 247 g/mol. The second kappa shape index (κ2) is 5.84. The monoisotopic (exact) mass is 264 g/mol. The lowest BCUT2D eigenvalue weighted by Crippen LogP contribution is -2.44. The lowest BCUT2D eigenvalue weighted by molar-refractivity contribution is -0.131. The highest BCUT2D eigenvalue weighted by Gasteiger charge is 2.17. The number of likely N-dealkylation sites (N-methyl/N-ethyl adjacent to an activating group) is 1. The molecule has 1 N–H and O–H groups in total. The van der Waals surface area contributed by atoms with Gasteiger partial charge in [-0.3, -0.25) is 0 Å². The molecule has 0 radical (unpaired) electrons. The van der Waals surface area contributed by atoms with Crippen molar-refractivity contribution in [2.75, 3.05) is 38.1 Å². The molecule has 102 valence electrons. The van der Waals surface area contributed by atoms with Crippen molar-refractivity contribution in [2.24, 2.45) is 0 Å². The highest BCUT2D eigenvalue weighted by atomic mass is 19.1. The minimum Gasteiger partial charge on any atom is -0.478 e. The molecule has 1 aliphatic heterocycles. The summed E-state index contributed by atoms with van der Waals surface area (Å²) < 4.78 is 13.9. The average molecular weight is 264 g/mol. The summed E-state index contributed by atoms with van der Waals surface area (Å²) in [5.41, 5.74) is 1.10. The SMILES string of the molecule is CN1CCN(c2cccc(F)c2/C=C/C(=O)O)CC1. The number of carboxylic acids is 1. The lowest BCUT2D eigenvalue weighted by Gasteiger charge is -2.35. The van der Waals surface area contributed by atoms with Gasteiger partial charge in [0.15, 0.2) is 0 Å². The van der Waals surface area contributed by atoms with Crippen LogP contribution in [0, 0.1) is 5.82 Å². The van der Waals surface area contributed by atoms with Crippen LogP contribution in [-0.4, -0.2) is 49.2 Å². The van der Waals surface area contributed by atoms with Crippen LogP contribution in [0.4, 0.5) is 10.1 Å². The second-order valence-corrected chi connectivity index (χ2v) is 4.63. The fourth-order valence-corrected chi connectivity index (χ4v) is 2.17. The molecule has 1 heterocycles. The molecule has 1 aromatic rings. The topological polar surface area (TPSA) is 43.8 Å². The van der Waals surface area contributed by atoms with Crippen molar-refractivity contribution in [1.82, 2.24) is 4.90 Å². The summed E-state index contributed by atoms with van der Waals surface area (Å²) in [5, 5.41) is 8.67. The molecule has 1 saturated heterocycles. The Morgan fingerprint density at radius 1 is 1.32 bits per heavy atom. The second-order valence-electron chi connectivity index (χ2n) is 4.63. The van der Waals surface area contributed by atoms with Gasteiger partial charge in [0.25, 0.3) is 0 Å². The van der Waals surface area contributed by atoms with Gasteiger partial charge in [0.05, 0.1) is 0 Å². The summed E-state index contributed by atoms with van der Waals surface area (Å²) in [6, 6.07) is 4.83. The molecule has 1 aromatic carbocycles. The van der Waals surface area contributed by atoms with Gasteiger partial charge in [-0.1, -0.05) is 6.07 Å². The number of carboxylic acid groups (broad SMARTS) is 1. The van der Waals surface area contributed by atoms with Crippen molar-refractivity contribution in [1.29, 1.82) is 0 Å². The maximum absolute atomic E-state index is 13.9. The van der Waals surface area contributed by atoms with E-state index in [9.17, 15) is 9.18 Å². The number of halogens is 1. The van der Waals surface area contributed by atoms with E-state index in [1.807, 2.05) is 13.1 Å². The number of aliphatic carboxylic acids is 1. The molecule has 0 saturated carbocycles. The van der Waals surface area contributed by atoms with Gasteiger partial charge in [0, 0.05) is 43.5 Å². The van der Waals surface area contributed by atoms with Gasteiger partial charge in [0.1, 0.15) is 5.82 Å². The van der Waals surface area contributed by atoms with Crippen LogP contribution in [-0.2, 0) is 4.79 Å². The Morgan fingerprint density at radius 2 is 2.00 bits per heavy atom. The quantitative estimate of drug-likeness (QED) is 0.844. The first kappa shape index (κ1) is 13.5. The maximum Gasteiger partial charge on any atom is 0.328 e. The van der Waals surface area contributed by atoms with Crippen LogP contribution < -0.4 is 4.90 Å². The Kier molecular flexibility index (Phi) is 4.16. The number of rotatable bonds is 3. The number of anilines is 1. The molecule has 0 amide bonds. The lowest BCUT2D eigenvalue weighted by atomic mass is 10.1. The highest BCUT2D eigenvalue weighted by Crippen LogP contribution is 2.25. The van der Waals surface area contributed by atoms with Crippen LogP contribution in [0.2, 0.25) is 0 Å². The van der Waals surface area contributed by atoms with Gasteiger partial charge in [-0.05, 0) is 25.3 Å². The largest absolute Gasteiger partial charge is 0.478 e. The van der Waals surface area contributed by atoms with Crippen LogP contribution in [0.25, 0.3) is 6.08 Å². The van der Waals surface area contributed by atoms with Gasteiger partial charge >= 0.3 is 5.97 Å². The Balaban J connectivity index is 2.29. The van der Waals surface area contributed by atoms with E-state index in [0.717, 1.165) is 37.9 Å². The first-order valence-electron chi connectivity index (χ1n) is 6.21. The molecule has 0 aromatic heterocycles. The number of hydrogen-bond donors (Lipinski definition) is 1. The van der Waals surface area contributed by atoms with Crippen LogP contribution in [0.1, 0.15) is 5.56 Å². The van der Waals surface area contributed by atoms with Crippen molar-refractivity contribution in [3.8, 4) is 0 Å². The Hall–Kier alpha value is -1.88. The first-order valence-corrected chi connectivity index (χ1v) is 6.21. The van der Waals surface area contributed by atoms with E-state index in [2.05, 4.69) is 9.80 Å². The number of piperazine rings is 1. The molecule has 0 spiro atoms. The summed E-state index contributed by atoms with van der Waals surface area (Å²) >= 11 is 0. The molecule has 4 nitrogen and oxygen atoms in total. The molecule has 5 heteroatoms. The highest BCUT2D eigenvalue weighted by molar-refractivity contribution is 5.87. The van der Waals surface area contributed by atoms with Gasteiger partial charge in [-0.25, -0.2) is 9.18 Å². The minimum absolute atomic E-state index is 0.342. The van der Waals surface area contributed by atoms with E-state index < -0.39 is 11.8 Å². The van der Waals surface area contributed by atoms with Crippen LogP contribution in [0.5, 0.6) is 0 Å². The third-order valence-corrected chi connectivity index (χ3v) is 3.27. The summed E-state index contributed by atoms with van der Waals surface area (Å²) in [7, 11) is 2.05. The Labute approximate surface area is 111 Å². The molecule has 0 unspecified atom stereocenters.